The van der Waals surface area contributed by atoms with Gasteiger partial charge in [-0.1, -0.05) is 12.1 Å². The molecule has 2 N–H and O–H groups in total. The molecule has 1 aliphatic heterocycles. The van der Waals surface area contributed by atoms with E-state index in [1.165, 1.54) is 7.11 Å². The van der Waals surface area contributed by atoms with E-state index in [-0.39, 0.29) is 17.1 Å². The first kappa shape index (κ1) is 13.3. The minimum atomic E-state index is -0.371. The van der Waals surface area contributed by atoms with Crippen LogP contribution in [0.2, 0.25) is 0 Å². The number of ether oxygens (including phenoxy) is 2. The largest absolute Gasteiger partial charge is 0.494 e. The van der Waals surface area contributed by atoms with Gasteiger partial charge in [0.1, 0.15) is 0 Å². The number of nitrogens with two attached hydrogens (primary N) is 1. The lowest BCUT2D eigenvalue weighted by atomic mass is 9.85. The molecule has 0 aromatic heterocycles. The number of halogens is 1. The highest BCUT2D eigenvalue weighted by atomic mass is 19.1. The van der Waals surface area contributed by atoms with Crippen molar-refractivity contribution < 1.29 is 13.9 Å². The van der Waals surface area contributed by atoms with E-state index in [1.807, 2.05) is 0 Å². The number of hydrogen-bond acceptors (Lipinski definition) is 3. The molecule has 0 bridgehead atoms. The molecule has 1 aliphatic rings. The molecule has 3 nitrogen and oxygen atoms in total. The number of hydrogen-bond donors (Lipinski definition) is 1. The van der Waals surface area contributed by atoms with E-state index in [0.29, 0.717) is 18.6 Å². The van der Waals surface area contributed by atoms with Gasteiger partial charge in [-0.05, 0) is 37.3 Å². The van der Waals surface area contributed by atoms with E-state index in [1.54, 1.807) is 18.2 Å². The second kappa shape index (κ2) is 5.67. The van der Waals surface area contributed by atoms with E-state index in [4.69, 9.17) is 15.2 Å². The molecule has 0 aliphatic carbocycles. The summed E-state index contributed by atoms with van der Waals surface area (Å²) >= 11 is 0. The summed E-state index contributed by atoms with van der Waals surface area (Å²) in [6, 6.07) is 5.20. The molecule has 0 spiro atoms. The average molecular weight is 253 g/mol. The maximum atomic E-state index is 14.1. The maximum absolute atomic E-state index is 14.1. The molecule has 1 heterocycles. The Bertz CT molecular complexity index is 401. The van der Waals surface area contributed by atoms with Crippen LogP contribution in [0.25, 0.3) is 0 Å². The Balaban J connectivity index is 2.17. The van der Waals surface area contributed by atoms with Crippen LogP contribution in [0.3, 0.4) is 0 Å². The number of benzene rings is 1. The van der Waals surface area contributed by atoms with Crippen molar-refractivity contribution in [3.8, 4) is 5.75 Å². The van der Waals surface area contributed by atoms with Crippen LogP contribution in [-0.2, 0) is 11.2 Å². The van der Waals surface area contributed by atoms with Crippen LogP contribution in [0, 0.1) is 5.82 Å². The minimum Gasteiger partial charge on any atom is -0.494 e. The molecule has 0 amide bonds. The van der Waals surface area contributed by atoms with Crippen LogP contribution in [0.4, 0.5) is 4.39 Å². The first-order valence-corrected chi connectivity index (χ1v) is 6.33. The molecule has 4 heteroatoms. The van der Waals surface area contributed by atoms with Gasteiger partial charge in [-0.25, -0.2) is 4.39 Å². The molecule has 1 saturated heterocycles. The van der Waals surface area contributed by atoms with Crippen molar-refractivity contribution in [3.05, 3.63) is 29.6 Å². The topological polar surface area (TPSA) is 44.5 Å². The van der Waals surface area contributed by atoms with Crippen molar-refractivity contribution in [1.29, 1.82) is 0 Å². The fraction of sp³-hybridized carbons (Fsp3) is 0.571. The Morgan fingerprint density at radius 1 is 1.39 bits per heavy atom. The maximum Gasteiger partial charge on any atom is 0.168 e. The Morgan fingerprint density at radius 3 is 3.00 bits per heavy atom. The molecule has 2 rings (SSSR count). The van der Waals surface area contributed by atoms with Gasteiger partial charge in [0.25, 0.3) is 0 Å². The molecule has 0 radical (unpaired) electrons. The van der Waals surface area contributed by atoms with Crippen LogP contribution in [0.1, 0.15) is 24.8 Å². The van der Waals surface area contributed by atoms with Gasteiger partial charge in [-0.15, -0.1) is 0 Å². The molecule has 18 heavy (non-hydrogen) atoms. The fourth-order valence-corrected chi connectivity index (χ4v) is 2.44. The second-order valence-corrected chi connectivity index (χ2v) is 4.94. The fourth-order valence-electron chi connectivity index (χ4n) is 2.44. The van der Waals surface area contributed by atoms with Crippen LogP contribution in [0.15, 0.2) is 18.2 Å². The zero-order chi connectivity index (χ0) is 13.0. The highest BCUT2D eigenvalue weighted by Gasteiger charge is 2.28. The smallest absolute Gasteiger partial charge is 0.168 e. The lowest BCUT2D eigenvalue weighted by molar-refractivity contribution is 0.139. The predicted molar refractivity (Wildman–Crippen MR) is 68.2 cm³/mol. The average Bonchev–Trinajstić information content (AvgIpc) is 2.57. The number of methoxy groups -OCH3 is 1. The third-order valence-corrected chi connectivity index (χ3v) is 3.51. The van der Waals surface area contributed by atoms with E-state index >= 15 is 0 Å². The van der Waals surface area contributed by atoms with Gasteiger partial charge in [0, 0.05) is 18.8 Å². The predicted octanol–water partition coefficient (Wildman–Crippen LogP) is 2.27. The Labute approximate surface area is 107 Å². The SMILES string of the molecule is COc1cccc(CC2(N)CCCOCC2)c1F. The van der Waals surface area contributed by atoms with Gasteiger partial charge in [-0.2, -0.15) is 0 Å². The van der Waals surface area contributed by atoms with E-state index in [9.17, 15) is 4.39 Å². The minimum absolute atomic E-state index is 0.279. The normalized spacial score (nSPS) is 24.6. The van der Waals surface area contributed by atoms with Crippen LogP contribution >= 0.6 is 0 Å². The summed E-state index contributed by atoms with van der Waals surface area (Å²) < 4.78 is 24.5. The lowest BCUT2D eigenvalue weighted by Crippen LogP contribution is -2.42. The summed E-state index contributed by atoms with van der Waals surface area (Å²) in [5.41, 5.74) is 6.62. The summed E-state index contributed by atoms with van der Waals surface area (Å²) in [4.78, 5) is 0. The molecule has 1 aromatic rings. The number of rotatable bonds is 3. The lowest BCUT2D eigenvalue weighted by Gasteiger charge is -2.27. The van der Waals surface area contributed by atoms with Gasteiger partial charge in [-0.3, -0.25) is 0 Å². The summed E-state index contributed by atoms with van der Waals surface area (Å²) in [6.07, 6.45) is 3.09. The molecular formula is C14H20FNO2. The summed E-state index contributed by atoms with van der Waals surface area (Å²) in [6.45, 7) is 1.40. The molecule has 1 aromatic carbocycles. The van der Waals surface area contributed by atoms with Gasteiger partial charge in [0.05, 0.1) is 7.11 Å². The van der Waals surface area contributed by atoms with E-state index in [0.717, 1.165) is 25.9 Å². The zero-order valence-electron chi connectivity index (χ0n) is 10.7. The first-order chi connectivity index (χ1) is 8.64. The first-order valence-electron chi connectivity index (χ1n) is 6.33. The van der Waals surface area contributed by atoms with Gasteiger partial charge < -0.3 is 15.2 Å². The third-order valence-electron chi connectivity index (χ3n) is 3.51. The Kier molecular flexibility index (Phi) is 4.19. The Morgan fingerprint density at radius 2 is 2.22 bits per heavy atom. The van der Waals surface area contributed by atoms with E-state index in [2.05, 4.69) is 0 Å². The van der Waals surface area contributed by atoms with E-state index < -0.39 is 0 Å². The second-order valence-electron chi connectivity index (χ2n) is 4.94. The zero-order valence-corrected chi connectivity index (χ0v) is 10.7. The highest BCUT2D eigenvalue weighted by Crippen LogP contribution is 2.27. The quantitative estimate of drug-likeness (QED) is 0.898. The van der Waals surface area contributed by atoms with Crippen molar-refractivity contribution in [3.63, 3.8) is 0 Å². The molecular weight excluding hydrogens is 233 g/mol. The van der Waals surface area contributed by atoms with Crippen molar-refractivity contribution in [2.24, 2.45) is 5.73 Å². The van der Waals surface area contributed by atoms with Crippen LogP contribution < -0.4 is 10.5 Å². The summed E-state index contributed by atoms with van der Waals surface area (Å²) in [5.74, 6) is -0.0176. The molecule has 1 atom stereocenters. The van der Waals surface area contributed by atoms with Crippen molar-refractivity contribution in [2.75, 3.05) is 20.3 Å². The standard InChI is InChI=1S/C14H20FNO2/c1-17-12-5-2-4-11(13(12)15)10-14(16)6-3-8-18-9-7-14/h2,4-5H,3,6-10,16H2,1H3. The van der Waals surface area contributed by atoms with Gasteiger partial charge in [0.15, 0.2) is 11.6 Å². The molecule has 1 unspecified atom stereocenters. The molecule has 1 fully saturated rings. The van der Waals surface area contributed by atoms with Crippen molar-refractivity contribution in [1.82, 2.24) is 0 Å². The summed E-state index contributed by atoms with van der Waals surface area (Å²) in [5, 5.41) is 0. The van der Waals surface area contributed by atoms with Gasteiger partial charge >= 0.3 is 0 Å². The van der Waals surface area contributed by atoms with Crippen molar-refractivity contribution >= 4 is 0 Å². The molecule has 0 saturated carbocycles. The van der Waals surface area contributed by atoms with Crippen LogP contribution in [0.5, 0.6) is 5.75 Å². The molecule has 100 valence electrons. The Hall–Kier alpha value is -1.13. The highest BCUT2D eigenvalue weighted by molar-refractivity contribution is 5.32. The summed E-state index contributed by atoms with van der Waals surface area (Å²) in [7, 11) is 1.47. The monoisotopic (exact) mass is 253 g/mol. The third kappa shape index (κ3) is 3.00. The van der Waals surface area contributed by atoms with Gasteiger partial charge in [0.2, 0.25) is 0 Å². The van der Waals surface area contributed by atoms with Crippen LogP contribution in [-0.4, -0.2) is 25.9 Å². The van der Waals surface area contributed by atoms with Crippen molar-refractivity contribution in [2.45, 2.75) is 31.2 Å².